The van der Waals surface area contributed by atoms with Gasteiger partial charge in [0.1, 0.15) is 5.82 Å². The third kappa shape index (κ3) is 4.03. The first-order chi connectivity index (χ1) is 11.1. The first-order valence-electron chi connectivity index (χ1n) is 7.92. The lowest BCUT2D eigenvalue weighted by Gasteiger charge is -2.41. The van der Waals surface area contributed by atoms with Gasteiger partial charge in [0.15, 0.2) is 11.5 Å². The van der Waals surface area contributed by atoms with Crippen molar-refractivity contribution in [2.75, 3.05) is 33.9 Å². The molecule has 1 N–H and O–H groups in total. The minimum Gasteiger partial charge on any atom is -0.493 e. The van der Waals surface area contributed by atoms with Crippen LogP contribution in [0.4, 0.5) is 4.39 Å². The lowest BCUT2D eigenvalue weighted by molar-refractivity contribution is 0.0304. The SMILES string of the molecule is C=CC[C@@]1(CO)CCCN(Cc2cc(OC)c(OC)cc2F)C1. The largest absolute Gasteiger partial charge is 0.493 e. The zero-order valence-electron chi connectivity index (χ0n) is 14.0. The number of hydrogen-bond donors (Lipinski definition) is 1. The van der Waals surface area contributed by atoms with Gasteiger partial charge in [-0.3, -0.25) is 4.90 Å². The van der Waals surface area contributed by atoms with Crippen LogP contribution in [-0.2, 0) is 6.54 Å². The topological polar surface area (TPSA) is 41.9 Å². The standard InChI is InChI=1S/C18H26FNO3/c1-4-6-18(13-21)7-5-8-20(12-18)11-14-9-16(22-2)17(23-3)10-15(14)19/h4,9-10,21H,1,5-8,11-13H2,2-3H3/t18-/m1/s1. The van der Waals surface area contributed by atoms with Crippen LogP contribution < -0.4 is 9.47 Å². The highest BCUT2D eigenvalue weighted by molar-refractivity contribution is 5.43. The molecule has 1 aliphatic heterocycles. The Balaban J connectivity index is 2.16. The molecule has 23 heavy (non-hydrogen) atoms. The van der Waals surface area contributed by atoms with E-state index >= 15 is 0 Å². The van der Waals surface area contributed by atoms with Gasteiger partial charge in [0.25, 0.3) is 0 Å². The summed E-state index contributed by atoms with van der Waals surface area (Å²) in [7, 11) is 3.04. The summed E-state index contributed by atoms with van der Waals surface area (Å²) in [5, 5.41) is 9.78. The molecule has 1 saturated heterocycles. The summed E-state index contributed by atoms with van der Waals surface area (Å²) in [6.45, 7) is 6.05. The van der Waals surface area contributed by atoms with E-state index in [1.165, 1.54) is 13.2 Å². The Bertz CT molecular complexity index is 549. The molecule has 128 valence electrons. The van der Waals surface area contributed by atoms with Crippen molar-refractivity contribution < 1.29 is 19.0 Å². The van der Waals surface area contributed by atoms with Crippen LogP contribution in [0.25, 0.3) is 0 Å². The number of benzene rings is 1. The van der Waals surface area contributed by atoms with Crippen molar-refractivity contribution in [1.29, 1.82) is 0 Å². The zero-order valence-corrected chi connectivity index (χ0v) is 14.0. The number of rotatable bonds is 7. The van der Waals surface area contributed by atoms with E-state index in [1.54, 1.807) is 13.2 Å². The number of hydrogen-bond acceptors (Lipinski definition) is 4. The third-order valence-electron chi connectivity index (χ3n) is 4.60. The van der Waals surface area contributed by atoms with Gasteiger partial charge in [-0.25, -0.2) is 4.39 Å². The van der Waals surface area contributed by atoms with E-state index < -0.39 is 0 Å². The molecule has 1 atom stereocenters. The maximum atomic E-state index is 14.3. The number of nitrogens with zero attached hydrogens (tertiary/aromatic N) is 1. The molecule has 0 spiro atoms. The molecule has 1 fully saturated rings. The normalized spacial score (nSPS) is 21.9. The van der Waals surface area contributed by atoms with Crippen molar-refractivity contribution in [2.45, 2.75) is 25.8 Å². The number of halogens is 1. The Morgan fingerprint density at radius 3 is 2.65 bits per heavy atom. The first-order valence-corrected chi connectivity index (χ1v) is 7.92. The second-order valence-electron chi connectivity index (χ2n) is 6.26. The third-order valence-corrected chi connectivity index (χ3v) is 4.60. The maximum absolute atomic E-state index is 14.3. The summed E-state index contributed by atoms with van der Waals surface area (Å²) in [5.74, 6) is 0.621. The van der Waals surface area contributed by atoms with E-state index in [1.807, 2.05) is 6.08 Å². The summed E-state index contributed by atoms with van der Waals surface area (Å²) in [6.07, 6.45) is 4.59. The molecule has 1 aromatic carbocycles. The summed E-state index contributed by atoms with van der Waals surface area (Å²) < 4.78 is 24.7. The Morgan fingerprint density at radius 1 is 1.35 bits per heavy atom. The van der Waals surface area contributed by atoms with Gasteiger partial charge in [0.2, 0.25) is 0 Å². The molecule has 1 aromatic rings. The quantitative estimate of drug-likeness (QED) is 0.783. The molecule has 0 amide bonds. The van der Waals surface area contributed by atoms with Crippen molar-refractivity contribution in [3.63, 3.8) is 0 Å². The summed E-state index contributed by atoms with van der Waals surface area (Å²) >= 11 is 0. The Morgan fingerprint density at radius 2 is 2.04 bits per heavy atom. The lowest BCUT2D eigenvalue weighted by atomic mass is 9.77. The lowest BCUT2D eigenvalue weighted by Crippen LogP contribution is -2.44. The summed E-state index contributed by atoms with van der Waals surface area (Å²) in [5.41, 5.74) is 0.419. The van der Waals surface area contributed by atoms with Crippen molar-refractivity contribution in [3.05, 3.63) is 36.2 Å². The van der Waals surface area contributed by atoms with Gasteiger partial charge < -0.3 is 14.6 Å². The molecular formula is C18H26FNO3. The smallest absolute Gasteiger partial charge is 0.163 e. The predicted molar refractivity (Wildman–Crippen MR) is 88.3 cm³/mol. The average molecular weight is 323 g/mol. The molecule has 0 aliphatic carbocycles. The Labute approximate surface area is 137 Å². The van der Waals surface area contributed by atoms with E-state index in [2.05, 4.69) is 11.5 Å². The number of likely N-dealkylation sites (tertiary alicyclic amines) is 1. The van der Waals surface area contributed by atoms with Crippen LogP contribution in [0.1, 0.15) is 24.8 Å². The van der Waals surface area contributed by atoms with Gasteiger partial charge in [-0.05, 0) is 31.9 Å². The number of ether oxygens (including phenoxy) is 2. The fourth-order valence-corrected chi connectivity index (χ4v) is 3.37. The first kappa shape index (κ1) is 17.8. The predicted octanol–water partition coefficient (Wildman–Crippen LogP) is 2.99. The highest BCUT2D eigenvalue weighted by Gasteiger charge is 2.34. The Kier molecular flexibility index (Phi) is 6.02. The molecule has 0 unspecified atom stereocenters. The van der Waals surface area contributed by atoms with Gasteiger partial charge in [0, 0.05) is 30.1 Å². The fraction of sp³-hybridized carbons (Fsp3) is 0.556. The van der Waals surface area contributed by atoms with Crippen molar-refractivity contribution in [3.8, 4) is 11.5 Å². The van der Waals surface area contributed by atoms with Crippen LogP contribution in [-0.4, -0.2) is 43.9 Å². The molecule has 5 heteroatoms. The molecule has 0 aromatic heterocycles. The number of aliphatic hydroxyl groups is 1. The van der Waals surface area contributed by atoms with Gasteiger partial charge in [0.05, 0.1) is 20.8 Å². The molecule has 4 nitrogen and oxygen atoms in total. The van der Waals surface area contributed by atoms with Gasteiger partial charge in [-0.1, -0.05) is 6.08 Å². The van der Waals surface area contributed by atoms with Gasteiger partial charge in [-0.15, -0.1) is 6.58 Å². The van der Waals surface area contributed by atoms with Gasteiger partial charge >= 0.3 is 0 Å². The van der Waals surface area contributed by atoms with Crippen LogP contribution in [0.5, 0.6) is 11.5 Å². The van der Waals surface area contributed by atoms with Gasteiger partial charge in [-0.2, -0.15) is 0 Å². The molecule has 0 radical (unpaired) electrons. The highest BCUT2D eigenvalue weighted by atomic mass is 19.1. The second-order valence-corrected chi connectivity index (χ2v) is 6.26. The minimum absolute atomic E-state index is 0.129. The van der Waals surface area contributed by atoms with E-state index in [9.17, 15) is 9.50 Å². The summed E-state index contributed by atoms with van der Waals surface area (Å²) in [4.78, 5) is 2.19. The Hall–Kier alpha value is -1.59. The average Bonchev–Trinajstić information content (AvgIpc) is 2.57. The van der Waals surface area contributed by atoms with Crippen LogP contribution in [0.2, 0.25) is 0 Å². The van der Waals surface area contributed by atoms with Crippen LogP contribution in [0, 0.1) is 11.2 Å². The molecule has 1 aliphatic rings. The van der Waals surface area contributed by atoms with Crippen molar-refractivity contribution in [2.24, 2.45) is 5.41 Å². The van der Waals surface area contributed by atoms with Crippen LogP contribution in [0.3, 0.4) is 0 Å². The highest BCUT2D eigenvalue weighted by Crippen LogP contribution is 2.35. The number of aliphatic hydroxyl groups excluding tert-OH is 1. The molecular weight excluding hydrogens is 297 g/mol. The van der Waals surface area contributed by atoms with Crippen LogP contribution >= 0.6 is 0 Å². The van der Waals surface area contributed by atoms with Crippen molar-refractivity contribution >= 4 is 0 Å². The maximum Gasteiger partial charge on any atom is 0.163 e. The molecule has 2 rings (SSSR count). The van der Waals surface area contributed by atoms with Crippen LogP contribution in [0.15, 0.2) is 24.8 Å². The fourth-order valence-electron chi connectivity index (χ4n) is 3.37. The molecule has 1 heterocycles. The zero-order chi connectivity index (χ0) is 16.9. The monoisotopic (exact) mass is 323 g/mol. The second kappa shape index (κ2) is 7.79. The van der Waals surface area contributed by atoms with E-state index in [-0.39, 0.29) is 17.8 Å². The van der Waals surface area contributed by atoms with Crippen molar-refractivity contribution in [1.82, 2.24) is 4.90 Å². The number of piperidine rings is 1. The van der Waals surface area contributed by atoms with E-state index in [0.717, 1.165) is 32.4 Å². The molecule has 0 saturated carbocycles. The number of allylic oxidation sites excluding steroid dienone is 1. The summed E-state index contributed by atoms with van der Waals surface area (Å²) in [6, 6.07) is 3.05. The van der Waals surface area contributed by atoms with E-state index in [0.29, 0.717) is 23.6 Å². The minimum atomic E-state index is -0.299. The number of methoxy groups -OCH3 is 2. The molecule has 0 bridgehead atoms. The van der Waals surface area contributed by atoms with E-state index in [4.69, 9.17) is 9.47 Å².